The maximum Gasteiger partial charge on any atom is 0.234 e. The van der Waals surface area contributed by atoms with Crippen molar-refractivity contribution in [3.8, 4) is 11.4 Å². The smallest absolute Gasteiger partial charge is 0.234 e. The average Bonchev–Trinajstić information content (AvgIpc) is 2.73. The van der Waals surface area contributed by atoms with Gasteiger partial charge in [-0.05, 0) is 54.8 Å². The van der Waals surface area contributed by atoms with E-state index in [-0.39, 0.29) is 11.7 Å². The molecule has 0 aliphatic carbocycles. The highest BCUT2D eigenvalue weighted by molar-refractivity contribution is 7.99. The Bertz CT molecular complexity index is 852. The molecule has 138 valence electrons. The summed E-state index contributed by atoms with van der Waals surface area (Å²) in [6, 6.07) is 17.4. The lowest BCUT2D eigenvalue weighted by Gasteiger charge is -2.06. The molecule has 0 aliphatic rings. The van der Waals surface area contributed by atoms with Gasteiger partial charge in [0.2, 0.25) is 5.91 Å². The standard InChI is InChI=1S/C21H22N4OS/c1-2-3-6-16-8-10-17(11-9-16)23-20(26)15-27-21-13-12-19(24-25-21)18-7-4-5-14-22-18/h4-5,7-14H,2-3,6,15H2,1H3,(H,23,26). The molecular weight excluding hydrogens is 356 g/mol. The van der Waals surface area contributed by atoms with Crippen LogP contribution >= 0.6 is 11.8 Å². The van der Waals surface area contributed by atoms with E-state index < -0.39 is 0 Å². The molecule has 0 unspecified atom stereocenters. The van der Waals surface area contributed by atoms with Crippen LogP contribution in [0.4, 0.5) is 5.69 Å². The van der Waals surface area contributed by atoms with Crippen molar-refractivity contribution in [1.82, 2.24) is 15.2 Å². The molecule has 5 nitrogen and oxygen atoms in total. The lowest BCUT2D eigenvalue weighted by molar-refractivity contribution is -0.113. The van der Waals surface area contributed by atoms with Gasteiger partial charge >= 0.3 is 0 Å². The Morgan fingerprint density at radius 2 is 1.85 bits per heavy atom. The average molecular weight is 379 g/mol. The number of carbonyl (C=O) groups is 1. The third-order valence-electron chi connectivity index (χ3n) is 3.98. The van der Waals surface area contributed by atoms with Gasteiger partial charge in [-0.2, -0.15) is 0 Å². The SMILES string of the molecule is CCCCc1ccc(NC(=O)CSc2ccc(-c3ccccn3)nn2)cc1. The Balaban J connectivity index is 1.49. The van der Waals surface area contributed by atoms with Crippen molar-refractivity contribution >= 4 is 23.4 Å². The third kappa shape index (κ3) is 5.89. The van der Waals surface area contributed by atoms with Gasteiger partial charge in [-0.25, -0.2) is 0 Å². The van der Waals surface area contributed by atoms with E-state index in [0.29, 0.717) is 10.7 Å². The quantitative estimate of drug-likeness (QED) is 0.580. The molecule has 3 aromatic rings. The molecule has 2 aromatic heterocycles. The number of amides is 1. The van der Waals surface area contributed by atoms with Crippen molar-refractivity contribution in [2.24, 2.45) is 0 Å². The highest BCUT2D eigenvalue weighted by Crippen LogP contribution is 2.19. The normalized spacial score (nSPS) is 10.6. The van der Waals surface area contributed by atoms with Crippen molar-refractivity contribution in [2.75, 3.05) is 11.1 Å². The van der Waals surface area contributed by atoms with Crippen LogP contribution in [0.3, 0.4) is 0 Å². The third-order valence-corrected chi connectivity index (χ3v) is 4.90. The first-order valence-corrected chi connectivity index (χ1v) is 10.00. The second-order valence-corrected chi connectivity index (χ2v) is 7.10. The van der Waals surface area contributed by atoms with Crippen LogP contribution in [0, 0.1) is 0 Å². The summed E-state index contributed by atoms with van der Waals surface area (Å²) in [6.07, 6.45) is 5.16. The number of aromatic nitrogens is 3. The number of hydrogen-bond acceptors (Lipinski definition) is 5. The first kappa shape index (κ1) is 19.0. The second kappa shape index (κ2) is 9.83. The van der Waals surface area contributed by atoms with E-state index in [1.165, 1.54) is 30.2 Å². The number of pyridine rings is 1. The second-order valence-electron chi connectivity index (χ2n) is 6.11. The number of nitrogens with one attached hydrogen (secondary N) is 1. The van der Waals surface area contributed by atoms with Gasteiger partial charge in [0, 0.05) is 11.9 Å². The molecule has 0 spiro atoms. The fraction of sp³-hybridized carbons (Fsp3) is 0.238. The predicted molar refractivity (Wildman–Crippen MR) is 110 cm³/mol. The van der Waals surface area contributed by atoms with E-state index in [0.717, 1.165) is 17.8 Å². The zero-order valence-corrected chi connectivity index (χ0v) is 16.1. The molecule has 2 heterocycles. The molecule has 1 aromatic carbocycles. The Labute approximate surface area is 163 Å². The Morgan fingerprint density at radius 1 is 1.00 bits per heavy atom. The number of benzene rings is 1. The summed E-state index contributed by atoms with van der Waals surface area (Å²) < 4.78 is 0. The summed E-state index contributed by atoms with van der Waals surface area (Å²) in [4.78, 5) is 16.4. The van der Waals surface area contributed by atoms with Crippen molar-refractivity contribution in [3.63, 3.8) is 0 Å². The highest BCUT2D eigenvalue weighted by Gasteiger charge is 2.07. The van der Waals surface area contributed by atoms with Crippen LogP contribution < -0.4 is 5.32 Å². The van der Waals surface area contributed by atoms with Gasteiger partial charge in [-0.1, -0.05) is 43.3 Å². The lowest BCUT2D eigenvalue weighted by Crippen LogP contribution is -2.14. The lowest BCUT2D eigenvalue weighted by atomic mass is 10.1. The van der Waals surface area contributed by atoms with Crippen LogP contribution in [0.5, 0.6) is 0 Å². The summed E-state index contributed by atoms with van der Waals surface area (Å²) in [5.74, 6) is 0.228. The van der Waals surface area contributed by atoms with Gasteiger partial charge in [0.15, 0.2) is 0 Å². The minimum Gasteiger partial charge on any atom is -0.325 e. The van der Waals surface area contributed by atoms with Crippen LogP contribution in [0.1, 0.15) is 25.3 Å². The molecule has 0 aliphatic heterocycles. The van der Waals surface area contributed by atoms with E-state index in [2.05, 4.69) is 39.6 Å². The number of hydrogen-bond donors (Lipinski definition) is 1. The van der Waals surface area contributed by atoms with Crippen LogP contribution in [-0.2, 0) is 11.2 Å². The highest BCUT2D eigenvalue weighted by atomic mass is 32.2. The number of aryl methyl sites for hydroxylation is 1. The number of anilines is 1. The summed E-state index contributed by atoms with van der Waals surface area (Å²) >= 11 is 1.36. The van der Waals surface area contributed by atoms with Crippen LogP contribution in [0.25, 0.3) is 11.4 Å². The van der Waals surface area contributed by atoms with Crippen molar-refractivity contribution < 1.29 is 4.79 Å². The predicted octanol–water partition coefficient (Wildman–Crippen LogP) is 4.61. The summed E-state index contributed by atoms with van der Waals surface area (Å²) in [5, 5.41) is 12.0. The van der Waals surface area contributed by atoms with Crippen molar-refractivity contribution in [3.05, 3.63) is 66.4 Å². The number of carbonyl (C=O) groups excluding carboxylic acids is 1. The fourth-order valence-electron chi connectivity index (χ4n) is 2.52. The number of rotatable bonds is 8. The zero-order valence-electron chi connectivity index (χ0n) is 15.3. The largest absolute Gasteiger partial charge is 0.325 e. The molecule has 3 rings (SSSR count). The molecular formula is C21H22N4OS. The van der Waals surface area contributed by atoms with Gasteiger partial charge in [0.1, 0.15) is 10.7 Å². The maximum absolute atomic E-state index is 12.1. The van der Waals surface area contributed by atoms with Crippen molar-refractivity contribution in [1.29, 1.82) is 0 Å². The monoisotopic (exact) mass is 378 g/mol. The van der Waals surface area contributed by atoms with Crippen molar-refractivity contribution in [2.45, 2.75) is 31.2 Å². The summed E-state index contributed by atoms with van der Waals surface area (Å²) in [5.41, 5.74) is 3.61. The number of nitrogens with zero attached hydrogens (tertiary/aromatic N) is 3. The van der Waals surface area contributed by atoms with E-state index in [1.54, 1.807) is 6.20 Å². The van der Waals surface area contributed by atoms with E-state index in [9.17, 15) is 4.79 Å². The minimum absolute atomic E-state index is 0.0584. The Hall–Kier alpha value is -2.73. The fourth-order valence-corrected chi connectivity index (χ4v) is 3.13. The maximum atomic E-state index is 12.1. The molecule has 0 radical (unpaired) electrons. The molecule has 0 fully saturated rings. The van der Waals surface area contributed by atoms with Gasteiger partial charge in [-0.15, -0.1) is 10.2 Å². The van der Waals surface area contributed by atoms with Crippen LogP contribution in [0.2, 0.25) is 0 Å². The summed E-state index contributed by atoms with van der Waals surface area (Å²) in [7, 11) is 0. The van der Waals surface area contributed by atoms with E-state index in [1.807, 2.05) is 42.5 Å². The molecule has 27 heavy (non-hydrogen) atoms. The minimum atomic E-state index is -0.0584. The molecule has 0 saturated heterocycles. The van der Waals surface area contributed by atoms with E-state index in [4.69, 9.17) is 0 Å². The van der Waals surface area contributed by atoms with Gasteiger partial charge in [-0.3, -0.25) is 9.78 Å². The van der Waals surface area contributed by atoms with Gasteiger partial charge < -0.3 is 5.32 Å². The molecule has 1 N–H and O–H groups in total. The molecule has 0 atom stereocenters. The van der Waals surface area contributed by atoms with Gasteiger partial charge in [0.05, 0.1) is 11.4 Å². The van der Waals surface area contributed by atoms with E-state index >= 15 is 0 Å². The first-order valence-electron chi connectivity index (χ1n) is 9.01. The van der Waals surface area contributed by atoms with Crippen LogP contribution in [-0.4, -0.2) is 26.8 Å². The summed E-state index contributed by atoms with van der Waals surface area (Å²) in [6.45, 7) is 2.18. The topological polar surface area (TPSA) is 67.8 Å². The molecule has 0 saturated carbocycles. The molecule has 1 amide bonds. The molecule has 0 bridgehead atoms. The molecule has 6 heteroatoms. The first-order chi connectivity index (χ1) is 13.2. The number of unbranched alkanes of at least 4 members (excludes halogenated alkanes) is 1. The Morgan fingerprint density at radius 3 is 2.52 bits per heavy atom. The zero-order chi connectivity index (χ0) is 18.9. The Kier molecular flexibility index (Phi) is 6.93. The van der Waals surface area contributed by atoms with Gasteiger partial charge in [0.25, 0.3) is 0 Å². The number of thioether (sulfide) groups is 1. The van der Waals surface area contributed by atoms with Crippen LogP contribution in [0.15, 0.2) is 65.8 Å².